The van der Waals surface area contributed by atoms with Gasteiger partial charge in [0.1, 0.15) is 0 Å². The second-order valence-electron chi connectivity index (χ2n) is 2.22. The molecule has 0 atom stereocenters. The maximum atomic E-state index is 5.81. The molecule has 1 aliphatic heterocycles. The predicted molar refractivity (Wildman–Crippen MR) is 53.0 cm³/mol. The quantitative estimate of drug-likeness (QED) is 0.664. The number of thioether (sulfide) groups is 1. The molecule has 1 aromatic heterocycles. The van der Waals surface area contributed by atoms with E-state index in [1.807, 2.05) is 6.07 Å². The minimum Gasteiger partial charge on any atom is -0.127 e. The van der Waals surface area contributed by atoms with Crippen LogP contribution in [0.3, 0.4) is 0 Å². The number of rotatable bonds is 1. The lowest BCUT2D eigenvalue weighted by Gasteiger charge is -2.01. The molecule has 0 fully saturated rings. The third-order valence-electron chi connectivity index (χ3n) is 1.46. The molecule has 0 bridgehead atoms. The summed E-state index contributed by atoms with van der Waals surface area (Å²) in [6.45, 7) is 0. The van der Waals surface area contributed by atoms with Crippen LogP contribution >= 0.6 is 34.7 Å². The molecule has 0 saturated heterocycles. The van der Waals surface area contributed by atoms with E-state index in [1.165, 1.54) is 10.1 Å². The lowest BCUT2D eigenvalue weighted by atomic mass is 10.2. The van der Waals surface area contributed by atoms with Crippen molar-refractivity contribution in [1.29, 1.82) is 0 Å². The van der Waals surface area contributed by atoms with Gasteiger partial charge < -0.3 is 0 Å². The molecule has 0 aromatic carbocycles. The van der Waals surface area contributed by atoms with Crippen molar-refractivity contribution in [2.45, 2.75) is 6.42 Å². The summed E-state index contributed by atoms with van der Waals surface area (Å²) < 4.78 is 0.875. The molecule has 11 heavy (non-hydrogen) atoms. The largest absolute Gasteiger partial charge is 0.127 e. The molecule has 0 N–H and O–H groups in total. The predicted octanol–water partition coefficient (Wildman–Crippen LogP) is 3.93. The van der Waals surface area contributed by atoms with Crippen molar-refractivity contribution in [2.24, 2.45) is 0 Å². The van der Waals surface area contributed by atoms with Crippen LogP contribution in [-0.4, -0.2) is 0 Å². The first-order valence-corrected chi connectivity index (χ1v) is 5.37. The second-order valence-corrected chi connectivity index (χ2v) is 4.94. The molecule has 0 saturated carbocycles. The minimum absolute atomic E-state index is 0.875. The van der Waals surface area contributed by atoms with E-state index >= 15 is 0 Å². The Kier molecular flexibility index (Phi) is 2.25. The van der Waals surface area contributed by atoms with Gasteiger partial charge in [0.2, 0.25) is 0 Å². The van der Waals surface area contributed by atoms with Gasteiger partial charge in [-0.3, -0.25) is 0 Å². The molecule has 0 amide bonds. The van der Waals surface area contributed by atoms with Gasteiger partial charge in [0.25, 0.3) is 0 Å². The molecule has 0 unspecified atom stereocenters. The standard InChI is InChI=1S/C8H6ClS2/c9-8-4-3-7(11-8)6-2-1-5-10-6/h1,3-5H,2H2. The van der Waals surface area contributed by atoms with Gasteiger partial charge >= 0.3 is 0 Å². The van der Waals surface area contributed by atoms with Crippen LogP contribution < -0.4 is 0 Å². The van der Waals surface area contributed by atoms with Gasteiger partial charge in [0.15, 0.2) is 0 Å². The van der Waals surface area contributed by atoms with Gasteiger partial charge in [0.05, 0.1) is 9.59 Å². The number of halogens is 1. The fraction of sp³-hybridized carbons (Fsp3) is 0.125. The van der Waals surface area contributed by atoms with Gasteiger partial charge in [-0.05, 0) is 24.0 Å². The average molecular weight is 202 g/mol. The van der Waals surface area contributed by atoms with E-state index < -0.39 is 0 Å². The minimum atomic E-state index is 0.875. The Morgan fingerprint density at radius 3 is 2.82 bits per heavy atom. The lowest BCUT2D eigenvalue weighted by molar-refractivity contribution is 1.25. The van der Waals surface area contributed by atoms with Crippen molar-refractivity contribution in [3.8, 4) is 0 Å². The summed E-state index contributed by atoms with van der Waals surface area (Å²) in [5.74, 6) is 0. The van der Waals surface area contributed by atoms with Crippen molar-refractivity contribution in [3.63, 3.8) is 0 Å². The summed E-state index contributed by atoms with van der Waals surface area (Å²) in [6.07, 6.45) is 3.25. The third-order valence-corrected chi connectivity index (χ3v) is 3.88. The van der Waals surface area contributed by atoms with Crippen LogP contribution in [0.5, 0.6) is 0 Å². The molecule has 0 spiro atoms. The molecular weight excluding hydrogens is 196 g/mol. The van der Waals surface area contributed by atoms with Gasteiger partial charge in [-0.1, -0.05) is 17.7 Å². The van der Waals surface area contributed by atoms with Crippen molar-refractivity contribution in [1.82, 2.24) is 0 Å². The van der Waals surface area contributed by atoms with Crippen LogP contribution in [0.25, 0.3) is 0 Å². The van der Waals surface area contributed by atoms with E-state index in [2.05, 4.69) is 17.6 Å². The van der Waals surface area contributed by atoms with Crippen LogP contribution in [0.1, 0.15) is 11.3 Å². The van der Waals surface area contributed by atoms with Crippen LogP contribution in [0, 0.1) is 5.25 Å². The van der Waals surface area contributed by atoms with Crippen LogP contribution in [0.2, 0.25) is 4.34 Å². The Balaban J connectivity index is 2.17. The summed E-state index contributed by atoms with van der Waals surface area (Å²) in [7, 11) is 0. The smallest absolute Gasteiger partial charge is 0.0931 e. The van der Waals surface area contributed by atoms with Gasteiger partial charge in [-0.2, -0.15) is 0 Å². The van der Waals surface area contributed by atoms with Crippen molar-refractivity contribution in [2.75, 3.05) is 0 Å². The summed E-state index contributed by atoms with van der Waals surface area (Å²) in [6, 6.07) is 4.04. The lowest BCUT2D eigenvalue weighted by Crippen LogP contribution is -1.82. The molecule has 1 radical (unpaired) electrons. The fourth-order valence-corrected chi connectivity index (χ4v) is 2.95. The summed E-state index contributed by atoms with van der Waals surface area (Å²) in [4.78, 5) is 1.31. The zero-order chi connectivity index (χ0) is 7.68. The molecule has 2 heterocycles. The highest BCUT2D eigenvalue weighted by Gasteiger charge is 2.15. The van der Waals surface area contributed by atoms with Gasteiger partial charge in [-0.25, -0.2) is 0 Å². The summed E-state index contributed by atoms with van der Waals surface area (Å²) in [5, 5.41) is 3.55. The number of allylic oxidation sites excluding steroid dienone is 1. The van der Waals surface area contributed by atoms with E-state index in [1.54, 1.807) is 23.1 Å². The molecule has 1 aliphatic rings. The molecule has 0 aliphatic carbocycles. The summed E-state index contributed by atoms with van der Waals surface area (Å²) >= 11 is 9.26. The van der Waals surface area contributed by atoms with Gasteiger partial charge in [-0.15, -0.1) is 23.1 Å². The highest BCUT2D eigenvalue weighted by atomic mass is 35.5. The Morgan fingerprint density at radius 2 is 2.27 bits per heavy atom. The monoisotopic (exact) mass is 201 g/mol. The van der Waals surface area contributed by atoms with E-state index in [0.29, 0.717) is 0 Å². The normalized spacial score (nSPS) is 17.9. The Bertz CT molecular complexity index is 269. The highest BCUT2D eigenvalue weighted by Crippen LogP contribution is 2.41. The maximum Gasteiger partial charge on any atom is 0.0931 e. The maximum absolute atomic E-state index is 5.81. The number of hydrogen-bond acceptors (Lipinski definition) is 2. The van der Waals surface area contributed by atoms with E-state index in [9.17, 15) is 0 Å². The zero-order valence-electron chi connectivity index (χ0n) is 5.71. The van der Waals surface area contributed by atoms with Crippen molar-refractivity contribution >= 4 is 34.7 Å². The SMILES string of the molecule is Clc1ccc([C]2CC=CS2)s1. The highest BCUT2D eigenvalue weighted by molar-refractivity contribution is 8.05. The summed E-state index contributed by atoms with van der Waals surface area (Å²) in [5.41, 5.74) is 0. The first-order chi connectivity index (χ1) is 5.36. The van der Waals surface area contributed by atoms with Gasteiger partial charge in [0, 0.05) is 4.88 Å². The molecule has 0 nitrogen and oxygen atoms in total. The first-order valence-electron chi connectivity index (χ1n) is 3.29. The zero-order valence-corrected chi connectivity index (χ0v) is 8.10. The van der Waals surface area contributed by atoms with E-state index in [4.69, 9.17) is 11.6 Å². The molecule has 1 aromatic rings. The number of hydrogen-bond donors (Lipinski definition) is 0. The Morgan fingerprint density at radius 1 is 1.36 bits per heavy atom. The Labute approximate surface area is 79.3 Å². The molecule has 3 heteroatoms. The molecule has 57 valence electrons. The topological polar surface area (TPSA) is 0 Å². The van der Waals surface area contributed by atoms with Crippen molar-refractivity contribution in [3.05, 3.63) is 38.1 Å². The van der Waals surface area contributed by atoms with Crippen LogP contribution in [0.4, 0.5) is 0 Å². The second kappa shape index (κ2) is 3.21. The number of thiophene rings is 1. The Hall–Kier alpha value is 0.0800. The van der Waals surface area contributed by atoms with E-state index in [-0.39, 0.29) is 0 Å². The third kappa shape index (κ3) is 1.63. The van der Waals surface area contributed by atoms with E-state index in [0.717, 1.165) is 10.8 Å². The molecule has 2 rings (SSSR count). The van der Waals surface area contributed by atoms with Crippen LogP contribution in [0.15, 0.2) is 23.6 Å². The average Bonchev–Trinajstić information content (AvgIpc) is 2.55. The van der Waals surface area contributed by atoms with Crippen molar-refractivity contribution < 1.29 is 0 Å². The van der Waals surface area contributed by atoms with Crippen LogP contribution in [-0.2, 0) is 0 Å². The first kappa shape index (κ1) is 7.71. The molecular formula is C8H6ClS2. The fourth-order valence-electron chi connectivity index (χ4n) is 0.956.